The second-order valence-corrected chi connectivity index (χ2v) is 7.88. The minimum Gasteiger partial charge on any atom is -0.297 e. The Morgan fingerprint density at radius 1 is 1.12 bits per heavy atom. The summed E-state index contributed by atoms with van der Waals surface area (Å²) in [5, 5.41) is 2.91. The van der Waals surface area contributed by atoms with E-state index in [9.17, 15) is 4.79 Å². The van der Waals surface area contributed by atoms with Crippen molar-refractivity contribution in [3.05, 3.63) is 70.3 Å². The van der Waals surface area contributed by atoms with Crippen molar-refractivity contribution in [2.45, 2.75) is 44.7 Å². The van der Waals surface area contributed by atoms with Gasteiger partial charge in [0.05, 0.1) is 5.69 Å². The van der Waals surface area contributed by atoms with Crippen LogP contribution in [0.2, 0.25) is 0 Å². The molecule has 2 aliphatic rings. The van der Waals surface area contributed by atoms with Crippen LogP contribution in [0.15, 0.2) is 53.5 Å². The fourth-order valence-electron chi connectivity index (χ4n) is 5.16. The normalized spacial score (nSPS) is 22.5. The second-order valence-electron chi connectivity index (χ2n) is 7.88. The molecule has 5 heteroatoms. The molecule has 1 unspecified atom stereocenters. The van der Waals surface area contributed by atoms with Gasteiger partial charge in [0.2, 0.25) is 0 Å². The molecule has 1 aromatic carbocycles. The summed E-state index contributed by atoms with van der Waals surface area (Å²) < 4.78 is 1.48. The van der Waals surface area contributed by atoms with Crippen LogP contribution in [-0.2, 0) is 6.54 Å². The van der Waals surface area contributed by atoms with E-state index in [-0.39, 0.29) is 5.56 Å². The van der Waals surface area contributed by atoms with Gasteiger partial charge in [-0.05, 0) is 18.4 Å². The van der Waals surface area contributed by atoms with Gasteiger partial charge in [-0.1, -0.05) is 49.6 Å². The van der Waals surface area contributed by atoms with Crippen LogP contribution < -0.4 is 5.56 Å². The van der Waals surface area contributed by atoms with E-state index in [0.29, 0.717) is 17.1 Å². The zero-order valence-electron chi connectivity index (χ0n) is 14.9. The van der Waals surface area contributed by atoms with Crippen molar-refractivity contribution in [3.8, 4) is 0 Å². The molecule has 1 spiro atoms. The molecule has 5 nitrogen and oxygen atoms in total. The van der Waals surface area contributed by atoms with E-state index in [1.54, 1.807) is 12.3 Å². The quantitative estimate of drug-likeness (QED) is 0.788. The minimum atomic E-state index is -0.0424. The van der Waals surface area contributed by atoms with Crippen LogP contribution in [0.1, 0.15) is 49.4 Å². The first-order valence-corrected chi connectivity index (χ1v) is 9.60. The topological polar surface area (TPSA) is 53.4 Å². The third-order valence-corrected chi connectivity index (χ3v) is 6.23. The fraction of sp³-hybridized carbons (Fsp3) is 0.429. The molecule has 1 aliphatic heterocycles. The van der Waals surface area contributed by atoms with Crippen molar-refractivity contribution in [1.82, 2.24) is 19.5 Å². The lowest BCUT2D eigenvalue weighted by Crippen LogP contribution is -2.58. The molecule has 0 radical (unpaired) electrons. The third kappa shape index (κ3) is 2.50. The molecule has 26 heavy (non-hydrogen) atoms. The van der Waals surface area contributed by atoms with Crippen LogP contribution in [-0.4, -0.2) is 26.0 Å². The average Bonchev–Trinajstić information content (AvgIpc) is 3.12. The Hall–Kier alpha value is -2.40. The van der Waals surface area contributed by atoms with Gasteiger partial charge in [0.25, 0.3) is 5.56 Å². The zero-order chi connectivity index (χ0) is 17.6. The van der Waals surface area contributed by atoms with Gasteiger partial charge in [0.1, 0.15) is 0 Å². The van der Waals surface area contributed by atoms with Crippen molar-refractivity contribution in [2.75, 3.05) is 6.54 Å². The van der Waals surface area contributed by atoms with Crippen LogP contribution in [0.4, 0.5) is 0 Å². The number of H-pyrrole nitrogens is 1. The Balaban J connectivity index is 1.46. The number of aromatic amines is 1. The number of rotatable bonds is 3. The van der Waals surface area contributed by atoms with Gasteiger partial charge in [-0.15, -0.1) is 0 Å². The first kappa shape index (κ1) is 15.8. The maximum atomic E-state index is 12.3. The molecule has 0 amide bonds. The van der Waals surface area contributed by atoms with Gasteiger partial charge in [-0.2, -0.15) is 0 Å². The largest absolute Gasteiger partial charge is 0.297 e. The Bertz CT molecular complexity index is 968. The summed E-state index contributed by atoms with van der Waals surface area (Å²) >= 11 is 0. The van der Waals surface area contributed by atoms with Crippen LogP contribution in [0, 0.1) is 5.41 Å². The Morgan fingerprint density at radius 2 is 1.92 bits per heavy atom. The van der Waals surface area contributed by atoms with E-state index in [4.69, 9.17) is 0 Å². The summed E-state index contributed by atoms with van der Waals surface area (Å²) in [6, 6.07) is 14.8. The van der Waals surface area contributed by atoms with Crippen molar-refractivity contribution in [2.24, 2.45) is 5.41 Å². The Labute approximate surface area is 152 Å². The molecule has 1 saturated heterocycles. The van der Waals surface area contributed by atoms with Gasteiger partial charge < -0.3 is 0 Å². The maximum Gasteiger partial charge on any atom is 0.272 e. The van der Waals surface area contributed by atoms with Gasteiger partial charge >= 0.3 is 0 Å². The molecule has 2 fully saturated rings. The lowest BCUT2D eigenvalue weighted by Gasteiger charge is -2.60. The number of aromatic nitrogens is 3. The molecular formula is C21H24N4O. The molecule has 5 rings (SSSR count). The van der Waals surface area contributed by atoms with E-state index in [2.05, 4.69) is 45.3 Å². The first-order valence-electron chi connectivity index (χ1n) is 9.60. The van der Waals surface area contributed by atoms with Crippen LogP contribution >= 0.6 is 0 Å². The number of hydrogen-bond acceptors (Lipinski definition) is 3. The first-order chi connectivity index (χ1) is 12.8. The number of hydrogen-bond donors (Lipinski definition) is 1. The van der Waals surface area contributed by atoms with E-state index >= 15 is 0 Å². The van der Waals surface area contributed by atoms with E-state index < -0.39 is 0 Å². The fourth-order valence-corrected chi connectivity index (χ4v) is 5.16. The molecule has 1 aliphatic carbocycles. The molecule has 1 saturated carbocycles. The van der Waals surface area contributed by atoms with E-state index in [1.165, 1.54) is 42.2 Å². The second kappa shape index (κ2) is 6.09. The van der Waals surface area contributed by atoms with Crippen molar-refractivity contribution in [1.29, 1.82) is 0 Å². The monoisotopic (exact) mass is 348 g/mol. The van der Waals surface area contributed by atoms with Crippen molar-refractivity contribution >= 4 is 5.65 Å². The van der Waals surface area contributed by atoms with Crippen LogP contribution in [0.5, 0.6) is 0 Å². The molecule has 3 aromatic rings. The SMILES string of the molecule is O=c1cc(CN2CC3(CCCCC3)C2c2ccccc2)nc2cc[nH]n12. The van der Waals surface area contributed by atoms with Crippen LogP contribution in [0.3, 0.4) is 0 Å². The predicted molar refractivity (Wildman–Crippen MR) is 101 cm³/mol. The Morgan fingerprint density at radius 3 is 2.73 bits per heavy atom. The number of nitrogens with one attached hydrogen (secondary N) is 1. The van der Waals surface area contributed by atoms with Gasteiger partial charge in [0, 0.05) is 42.9 Å². The van der Waals surface area contributed by atoms with Gasteiger partial charge in [-0.25, -0.2) is 9.50 Å². The highest BCUT2D eigenvalue weighted by Gasteiger charge is 2.52. The molecule has 2 aromatic heterocycles. The zero-order valence-corrected chi connectivity index (χ0v) is 14.9. The van der Waals surface area contributed by atoms with Gasteiger partial charge in [0.15, 0.2) is 5.65 Å². The summed E-state index contributed by atoms with van der Waals surface area (Å²) in [6.07, 6.45) is 8.43. The number of likely N-dealkylation sites (tertiary alicyclic amines) is 1. The van der Waals surface area contributed by atoms with Crippen molar-refractivity contribution < 1.29 is 0 Å². The predicted octanol–water partition coefficient (Wildman–Crippen LogP) is 3.53. The average molecular weight is 348 g/mol. The van der Waals surface area contributed by atoms with Crippen LogP contribution in [0.25, 0.3) is 5.65 Å². The minimum absolute atomic E-state index is 0.0424. The van der Waals surface area contributed by atoms with Gasteiger partial charge in [-0.3, -0.25) is 14.8 Å². The summed E-state index contributed by atoms with van der Waals surface area (Å²) in [5.41, 5.74) is 3.32. The molecule has 134 valence electrons. The standard InChI is InChI=1S/C21H24N4O/c26-19-13-17(23-18-9-12-22-25(18)19)14-24-15-21(10-5-2-6-11-21)20(24)16-7-3-1-4-8-16/h1,3-4,7-9,12-13,20,22H,2,5-6,10-11,14-15H2. The number of benzene rings is 1. The highest BCUT2D eigenvalue weighted by atomic mass is 16.1. The van der Waals surface area contributed by atoms with E-state index in [1.807, 2.05) is 6.07 Å². The molecular weight excluding hydrogens is 324 g/mol. The molecule has 1 N–H and O–H groups in total. The highest BCUT2D eigenvalue weighted by molar-refractivity contribution is 5.36. The van der Waals surface area contributed by atoms with Crippen molar-refractivity contribution in [3.63, 3.8) is 0 Å². The lowest BCUT2D eigenvalue weighted by molar-refractivity contribution is -0.107. The molecule has 3 heterocycles. The van der Waals surface area contributed by atoms with E-state index in [0.717, 1.165) is 18.8 Å². The summed E-state index contributed by atoms with van der Waals surface area (Å²) in [7, 11) is 0. The molecule has 1 atom stereocenters. The summed E-state index contributed by atoms with van der Waals surface area (Å²) in [4.78, 5) is 19.4. The molecule has 0 bridgehead atoms. The number of fused-ring (bicyclic) bond motifs is 1. The third-order valence-electron chi connectivity index (χ3n) is 6.23. The smallest absolute Gasteiger partial charge is 0.272 e. The summed E-state index contributed by atoms with van der Waals surface area (Å²) in [5.74, 6) is 0. The maximum absolute atomic E-state index is 12.3. The summed E-state index contributed by atoms with van der Waals surface area (Å²) in [6.45, 7) is 1.85. The highest BCUT2D eigenvalue weighted by Crippen LogP contribution is 2.57. The lowest BCUT2D eigenvalue weighted by atomic mass is 9.61. The number of nitrogens with zero attached hydrogens (tertiary/aromatic N) is 3. The Kier molecular flexibility index (Phi) is 3.71.